The smallest absolute Gasteiger partial charge is 0.230 e. The number of carbonyl (C=O) groups is 1. The summed E-state index contributed by atoms with van der Waals surface area (Å²) >= 11 is 19.5. The number of nitrogens with one attached hydrogen (secondary N) is 1. The van der Waals surface area contributed by atoms with Gasteiger partial charge in [0.05, 0.1) is 21.2 Å². The Morgan fingerprint density at radius 2 is 1.86 bits per heavy atom. The standard InChI is InChI=1S/C15H9Cl3N2OS/c16-9-4-2-1-3-8(9)7-12(21)19-15-20-14-11(22-15)6-5-10(17)13(14)18/h1-6H,7H2,(H,19,20,21). The first kappa shape index (κ1) is 15.6. The minimum absolute atomic E-state index is 0.185. The Kier molecular flexibility index (Phi) is 4.54. The number of anilines is 1. The molecule has 1 aromatic heterocycles. The molecule has 3 aromatic rings. The van der Waals surface area contributed by atoms with E-state index in [4.69, 9.17) is 34.8 Å². The first-order chi connectivity index (χ1) is 10.5. The second-order valence-corrected chi connectivity index (χ2v) is 6.77. The minimum atomic E-state index is -0.186. The van der Waals surface area contributed by atoms with Gasteiger partial charge in [0.1, 0.15) is 5.52 Å². The number of carbonyl (C=O) groups excluding carboxylic acids is 1. The first-order valence-corrected chi connectivity index (χ1v) is 8.27. The van der Waals surface area contributed by atoms with Crippen LogP contribution in [0.25, 0.3) is 10.2 Å². The summed E-state index contributed by atoms with van der Waals surface area (Å²) in [6.45, 7) is 0. The summed E-state index contributed by atoms with van der Waals surface area (Å²) in [5.41, 5.74) is 1.36. The molecule has 0 spiro atoms. The van der Waals surface area contributed by atoms with Crippen LogP contribution < -0.4 is 5.32 Å². The number of fused-ring (bicyclic) bond motifs is 1. The minimum Gasteiger partial charge on any atom is -0.302 e. The van der Waals surface area contributed by atoms with Crippen LogP contribution in [-0.2, 0) is 11.2 Å². The van der Waals surface area contributed by atoms with Gasteiger partial charge in [-0.25, -0.2) is 4.98 Å². The van der Waals surface area contributed by atoms with Crippen LogP contribution in [0.5, 0.6) is 0 Å². The zero-order valence-corrected chi connectivity index (χ0v) is 14.2. The summed E-state index contributed by atoms with van der Waals surface area (Å²) in [5.74, 6) is -0.186. The summed E-state index contributed by atoms with van der Waals surface area (Å²) in [7, 11) is 0. The highest BCUT2D eigenvalue weighted by Gasteiger charge is 2.13. The number of benzene rings is 2. The van der Waals surface area contributed by atoms with Gasteiger partial charge >= 0.3 is 0 Å². The van der Waals surface area contributed by atoms with Crippen molar-refractivity contribution < 1.29 is 4.79 Å². The van der Waals surface area contributed by atoms with Crippen molar-refractivity contribution in [2.45, 2.75) is 6.42 Å². The normalized spacial score (nSPS) is 10.9. The Hall–Kier alpha value is -1.33. The molecule has 0 saturated heterocycles. The highest BCUT2D eigenvalue weighted by Crippen LogP contribution is 2.35. The van der Waals surface area contributed by atoms with Gasteiger partial charge in [-0.1, -0.05) is 64.3 Å². The van der Waals surface area contributed by atoms with Crippen molar-refractivity contribution in [3.05, 3.63) is 57.0 Å². The van der Waals surface area contributed by atoms with Crippen LogP contribution >= 0.6 is 46.1 Å². The van der Waals surface area contributed by atoms with Crippen molar-refractivity contribution in [1.29, 1.82) is 0 Å². The molecule has 0 radical (unpaired) electrons. The zero-order chi connectivity index (χ0) is 15.7. The fourth-order valence-electron chi connectivity index (χ4n) is 1.97. The number of aromatic nitrogens is 1. The molecule has 0 saturated carbocycles. The quantitative estimate of drug-likeness (QED) is 0.666. The Balaban J connectivity index is 1.80. The van der Waals surface area contributed by atoms with Crippen LogP contribution in [0.2, 0.25) is 15.1 Å². The lowest BCUT2D eigenvalue weighted by Crippen LogP contribution is -2.14. The number of halogens is 3. The number of amides is 1. The Morgan fingerprint density at radius 1 is 1.09 bits per heavy atom. The molecular formula is C15H9Cl3N2OS. The maximum Gasteiger partial charge on any atom is 0.230 e. The van der Waals surface area contributed by atoms with Gasteiger partial charge in [0, 0.05) is 5.02 Å². The molecule has 2 aromatic carbocycles. The molecule has 0 unspecified atom stereocenters. The summed E-state index contributed by atoms with van der Waals surface area (Å²) in [6.07, 6.45) is 0.185. The average molecular weight is 372 g/mol. The van der Waals surface area contributed by atoms with Crippen molar-refractivity contribution >= 4 is 67.4 Å². The monoisotopic (exact) mass is 370 g/mol. The van der Waals surface area contributed by atoms with Crippen LogP contribution in [0.4, 0.5) is 5.13 Å². The summed E-state index contributed by atoms with van der Waals surface area (Å²) in [4.78, 5) is 16.4. The SMILES string of the molecule is O=C(Cc1ccccc1Cl)Nc1nc2c(Cl)c(Cl)ccc2s1. The molecule has 22 heavy (non-hydrogen) atoms. The molecule has 0 aliphatic carbocycles. The van der Waals surface area contributed by atoms with Gasteiger partial charge < -0.3 is 5.32 Å². The second-order valence-electron chi connectivity index (χ2n) is 4.54. The van der Waals surface area contributed by atoms with E-state index < -0.39 is 0 Å². The summed E-state index contributed by atoms with van der Waals surface area (Å²) in [5, 5.41) is 4.64. The highest BCUT2D eigenvalue weighted by atomic mass is 35.5. The maximum atomic E-state index is 12.1. The lowest BCUT2D eigenvalue weighted by Gasteiger charge is -2.03. The van der Waals surface area contributed by atoms with Gasteiger partial charge in [0.15, 0.2) is 5.13 Å². The van der Waals surface area contributed by atoms with Crippen molar-refractivity contribution in [3.8, 4) is 0 Å². The van der Waals surface area contributed by atoms with Crippen LogP contribution in [0, 0.1) is 0 Å². The number of thiazole rings is 1. The third-order valence-electron chi connectivity index (χ3n) is 3.01. The van der Waals surface area contributed by atoms with Crippen LogP contribution in [0.3, 0.4) is 0 Å². The second kappa shape index (κ2) is 6.42. The zero-order valence-electron chi connectivity index (χ0n) is 11.1. The van der Waals surface area contributed by atoms with Crippen molar-refractivity contribution in [2.75, 3.05) is 5.32 Å². The molecule has 1 heterocycles. The van der Waals surface area contributed by atoms with E-state index in [-0.39, 0.29) is 12.3 Å². The van der Waals surface area contributed by atoms with E-state index in [1.54, 1.807) is 12.1 Å². The molecular weight excluding hydrogens is 363 g/mol. The fraction of sp³-hybridized carbons (Fsp3) is 0.0667. The summed E-state index contributed by atoms with van der Waals surface area (Å²) in [6, 6.07) is 10.8. The maximum absolute atomic E-state index is 12.1. The first-order valence-electron chi connectivity index (χ1n) is 6.32. The molecule has 0 atom stereocenters. The van der Waals surface area contributed by atoms with Crippen LogP contribution in [0.1, 0.15) is 5.56 Å². The molecule has 112 valence electrons. The van der Waals surface area contributed by atoms with Gasteiger partial charge in [0.2, 0.25) is 5.91 Å². The van der Waals surface area contributed by atoms with Gasteiger partial charge in [-0.05, 0) is 23.8 Å². The van der Waals surface area contributed by atoms with Crippen molar-refractivity contribution in [3.63, 3.8) is 0 Å². The van der Waals surface area contributed by atoms with E-state index in [0.717, 1.165) is 10.3 Å². The third-order valence-corrected chi connectivity index (χ3v) is 5.11. The van der Waals surface area contributed by atoms with E-state index in [1.165, 1.54) is 11.3 Å². The Morgan fingerprint density at radius 3 is 2.64 bits per heavy atom. The van der Waals surface area contributed by atoms with Crippen molar-refractivity contribution in [2.24, 2.45) is 0 Å². The van der Waals surface area contributed by atoms with E-state index in [1.807, 2.05) is 24.3 Å². The molecule has 0 fully saturated rings. The van der Waals surface area contributed by atoms with Crippen molar-refractivity contribution in [1.82, 2.24) is 4.98 Å². The van der Waals surface area contributed by atoms with Crippen LogP contribution in [-0.4, -0.2) is 10.9 Å². The number of hydrogen-bond donors (Lipinski definition) is 1. The lowest BCUT2D eigenvalue weighted by atomic mass is 10.1. The number of nitrogens with zero attached hydrogens (tertiary/aromatic N) is 1. The Bertz CT molecular complexity index is 863. The molecule has 1 N–H and O–H groups in total. The fourth-order valence-corrected chi connectivity index (χ4v) is 3.48. The Labute approximate surface area is 145 Å². The molecule has 7 heteroatoms. The summed E-state index contributed by atoms with van der Waals surface area (Å²) < 4.78 is 0.863. The molecule has 0 bridgehead atoms. The van der Waals surface area contributed by atoms with Crippen LogP contribution in [0.15, 0.2) is 36.4 Å². The van der Waals surface area contributed by atoms with E-state index in [0.29, 0.717) is 25.7 Å². The van der Waals surface area contributed by atoms with E-state index in [2.05, 4.69) is 10.3 Å². The number of rotatable bonds is 3. The molecule has 0 aliphatic rings. The van der Waals surface area contributed by atoms with Gasteiger partial charge in [-0.15, -0.1) is 0 Å². The molecule has 0 aliphatic heterocycles. The van der Waals surface area contributed by atoms with Gasteiger partial charge in [-0.2, -0.15) is 0 Å². The highest BCUT2D eigenvalue weighted by molar-refractivity contribution is 7.22. The van der Waals surface area contributed by atoms with E-state index in [9.17, 15) is 4.79 Å². The average Bonchev–Trinajstić information content (AvgIpc) is 2.89. The molecule has 3 rings (SSSR count). The predicted octanol–water partition coefficient (Wildman–Crippen LogP) is 5.44. The molecule has 3 nitrogen and oxygen atoms in total. The molecule has 1 amide bonds. The topological polar surface area (TPSA) is 42.0 Å². The lowest BCUT2D eigenvalue weighted by molar-refractivity contribution is -0.115. The number of hydrogen-bond acceptors (Lipinski definition) is 3. The predicted molar refractivity (Wildman–Crippen MR) is 93.4 cm³/mol. The largest absolute Gasteiger partial charge is 0.302 e. The third kappa shape index (κ3) is 3.20. The van der Waals surface area contributed by atoms with Gasteiger partial charge in [0.25, 0.3) is 0 Å². The van der Waals surface area contributed by atoms with E-state index >= 15 is 0 Å². The van der Waals surface area contributed by atoms with Gasteiger partial charge in [-0.3, -0.25) is 4.79 Å².